The van der Waals surface area contributed by atoms with Gasteiger partial charge >= 0.3 is 0 Å². The molecule has 2 saturated heterocycles. The van der Waals surface area contributed by atoms with Crippen molar-refractivity contribution in [2.75, 3.05) is 36.5 Å². The highest BCUT2D eigenvalue weighted by Gasteiger charge is 2.44. The van der Waals surface area contributed by atoms with Gasteiger partial charge in [-0.05, 0) is 12.0 Å². The second-order valence-electron chi connectivity index (χ2n) is 6.10. The topological polar surface area (TPSA) is 93.1 Å². The first-order chi connectivity index (χ1) is 11.8. The monoisotopic (exact) mass is 326 g/mol. The molecule has 0 bridgehead atoms. The van der Waals surface area contributed by atoms with Crippen LogP contribution in [-0.2, 0) is 9.53 Å². The lowest BCUT2D eigenvalue weighted by atomic mass is 9.82. The Kier molecular flexibility index (Phi) is 4.04. The molecule has 3 atom stereocenters. The number of hydrogen-bond acceptors (Lipinski definition) is 7. The maximum absolute atomic E-state index is 12.6. The van der Waals surface area contributed by atoms with E-state index in [1.54, 1.807) is 30.9 Å². The van der Waals surface area contributed by atoms with Gasteiger partial charge in [-0.1, -0.05) is 0 Å². The zero-order valence-electron chi connectivity index (χ0n) is 13.1. The van der Waals surface area contributed by atoms with Crippen molar-refractivity contribution in [2.24, 2.45) is 17.8 Å². The van der Waals surface area contributed by atoms with Crippen LogP contribution in [0.2, 0.25) is 0 Å². The van der Waals surface area contributed by atoms with Crippen LogP contribution in [0, 0.1) is 17.8 Å². The Morgan fingerprint density at radius 2 is 2.00 bits per heavy atom. The van der Waals surface area contributed by atoms with Crippen molar-refractivity contribution in [1.82, 2.24) is 19.9 Å². The molecule has 124 valence electrons. The summed E-state index contributed by atoms with van der Waals surface area (Å²) in [5, 5.41) is 2.84. The van der Waals surface area contributed by atoms with Gasteiger partial charge in [0.1, 0.15) is 0 Å². The molecule has 0 aromatic carbocycles. The van der Waals surface area contributed by atoms with Crippen molar-refractivity contribution in [2.45, 2.75) is 0 Å². The van der Waals surface area contributed by atoms with Crippen LogP contribution in [0.15, 0.2) is 37.1 Å². The minimum absolute atomic E-state index is 0.0685. The summed E-state index contributed by atoms with van der Waals surface area (Å²) in [6, 6.07) is 1.80. The normalized spacial score (nSPS) is 26.0. The van der Waals surface area contributed by atoms with Crippen LogP contribution in [0.25, 0.3) is 0 Å². The molecule has 2 aliphatic rings. The largest absolute Gasteiger partial charge is 0.380 e. The summed E-state index contributed by atoms with van der Waals surface area (Å²) >= 11 is 0. The Morgan fingerprint density at radius 3 is 2.79 bits per heavy atom. The Balaban J connectivity index is 1.48. The van der Waals surface area contributed by atoms with E-state index in [-0.39, 0.29) is 17.7 Å². The summed E-state index contributed by atoms with van der Waals surface area (Å²) < 4.78 is 5.67. The lowest BCUT2D eigenvalue weighted by molar-refractivity contribution is -0.128. The highest BCUT2D eigenvalue weighted by molar-refractivity contribution is 5.92. The lowest BCUT2D eigenvalue weighted by Gasteiger charge is -2.31. The first-order valence-corrected chi connectivity index (χ1v) is 7.98. The van der Waals surface area contributed by atoms with E-state index in [1.165, 1.54) is 6.20 Å². The summed E-state index contributed by atoms with van der Waals surface area (Å²) in [5.74, 6) is 1.42. The van der Waals surface area contributed by atoms with Crippen LogP contribution in [0.5, 0.6) is 0 Å². The molecule has 0 radical (unpaired) electrons. The van der Waals surface area contributed by atoms with E-state index < -0.39 is 0 Å². The van der Waals surface area contributed by atoms with Gasteiger partial charge in [-0.3, -0.25) is 9.78 Å². The van der Waals surface area contributed by atoms with Crippen molar-refractivity contribution in [3.05, 3.63) is 37.1 Å². The van der Waals surface area contributed by atoms with Crippen LogP contribution in [0.4, 0.5) is 11.8 Å². The van der Waals surface area contributed by atoms with E-state index in [0.29, 0.717) is 30.9 Å². The van der Waals surface area contributed by atoms with Gasteiger partial charge in [0.05, 0.1) is 25.3 Å². The van der Waals surface area contributed by atoms with Crippen molar-refractivity contribution in [1.29, 1.82) is 0 Å². The molecule has 2 aromatic rings. The fraction of sp³-hybridized carbons (Fsp3) is 0.438. The molecule has 1 amide bonds. The molecule has 2 aromatic heterocycles. The van der Waals surface area contributed by atoms with Gasteiger partial charge in [-0.2, -0.15) is 0 Å². The lowest BCUT2D eigenvalue weighted by Crippen LogP contribution is -2.42. The number of rotatable bonds is 3. The molecule has 0 spiro atoms. The minimum atomic E-state index is -0.209. The average Bonchev–Trinajstić information content (AvgIpc) is 3.07. The number of nitrogens with zero attached hydrogens (tertiary/aromatic N) is 5. The molecular formula is C16H18N6O2. The Labute approximate surface area is 139 Å². The van der Waals surface area contributed by atoms with Crippen LogP contribution >= 0.6 is 0 Å². The van der Waals surface area contributed by atoms with E-state index in [9.17, 15) is 4.79 Å². The van der Waals surface area contributed by atoms with Gasteiger partial charge in [0.15, 0.2) is 5.82 Å². The molecule has 8 nitrogen and oxygen atoms in total. The van der Waals surface area contributed by atoms with Crippen LogP contribution in [0.3, 0.4) is 0 Å². The average molecular weight is 326 g/mol. The molecular weight excluding hydrogens is 308 g/mol. The summed E-state index contributed by atoms with van der Waals surface area (Å²) in [4.78, 5) is 31.5. The first-order valence-electron chi connectivity index (χ1n) is 7.98. The number of hydrogen-bond donors (Lipinski definition) is 1. The smallest absolute Gasteiger partial charge is 0.231 e. The van der Waals surface area contributed by atoms with Gasteiger partial charge in [-0.15, -0.1) is 0 Å². The predicted octanol–water partition coefficient (Wildman–Crippen LogP) is 0.604. The summed E-state index contributed by atoms with van der Waals surface area (Å²) in [5.41, 5.74) is 0. The maximum atomic E-state index is 12.6. The highest BCUT2D eigenvalue weighted by Crippen LogP contribution is 2.35. The first kappa shape index (κ1) is 14.9. The third-order valence-corrected chi connectivity index (χ3v) is 4.62. The quantitative estimate of drug-likeness (QED) is 0.883. The molecule has 2 aliphatic heterocycles. The summed E-state index contributed by atoms with van der Waals surface area (Å²) in [6.45, 7) is 2.67. The third-order valence-electron chi connectivity index (χ3n) is 4.62. The number of ether oxygens (including phenoxy) is 1. The van der Waals surface area contributed by atoms with Crippen LogP contribution < -0.4 is 10.2 Å². The Morgan fingerprint density at radius 1 is 1.12 bits per heavy atom. The number of carbonyl (C=O) groups excluding carboxylic acids is 1. The van der Waals surface area contributed by atoms with Gasteiger partial charge in [-0.25, -0.2) is 15.0 Å². The number of fused-ring (bicyclic) bond motifs is 1. The minimum Gasteiger partial charge on any atom is -0.380 e. The van der Waals surface area contributed by atoms with Crippen molar-refractivity contribution in [3.8, 4) is 0 Å². The second-order valence-corrected chi connectivity index (χ2v) is 6.10. The zero-order chi connectivity index (χ0) is 16.4. The van der Waals surface area contributed by atoms with Crippen LogP contribution in [-0.4, -0.2) is 52.1 Å². The Hall–Kier alpha value is -2.61. The van der Waals surface area contributed by atoms with E-state index in [2.05, 4.69) is 30.2 Å². The van der Waals surface area contributed by atoms with Crippen molar-refractivity contribution < 1.29 is 9.53 Å². The highest BCUT2D eigenvalue weighted by atomic mass is 16.5. The zero-order valence-corrected chi connectivity index (χ0v) is 13.1. The van der Waals surface area contributed by atoms with Gasteiger partial charge in [0, 0.05) is 43.8 Å². The number of carbonyl (C=O) groups is 1. The van der Waals surface area contributed by atoms with Crippen molar-refractivity contribution >= 4 is 17.7 Å². The van der Waals surface area contributed by atoms with E-state index in [1.807, 2.05) is 0 Å². The molecule has 4 rings (SSSR count). The van der Waals surface area contributed by atoms with Gasteiger partial charge in [0.25, 0.3) is 0 Å². The predicted molar refractivity (Wildman–Crippen MR) is 86.2 cm³/mol. The molecule has 0 unspecified atom stereocenters. The number of aromatic nitrogens is 4. The SMILES string of the molecule is O=C(Nc1cnccn1)[C@@H]1COC[C@H]2CN(c3ncccn3)C[C@H]21. The second kappa shape index (κ2) is 6.48. The number of nitrogens with one attached hydrogen (secondary N) is 1. The maximum Gasteiger partial charge on any atom is 0.231 e. The fourth-order valence-corrected chi connectivity index (χ4v) is 3.47. The Bertz CT molecular complexity index is 698. The number of amides is 1. The van der Waals surface area contributed by atoms with Gasteiger partial charge < -0.3 is 15.0 Å². The molecule has 4 heterocycles. The van der Waals surface area contributed by atoms with E-state index in [4.69, 9.17) is 4.74 Å². The van der Waals surface area contributed by atoms with Gasteiger partial charge in [0.2, 0.25) is 11.9 Å². The fourth-order valence-electron chi connectivity index (χ4n) is 3.47. The molecule has 1 N–H and O–H groups in total. The summed E-state index contributed by atoms with van der Waals surface area (Å²) in [6.07, 6.45) is 8.14. The molecule has 2 fully saturated rings. The van der Waals surface area contributed by atoms with Crippen molar-refractivity contribution in [3.63, 3.8) is 0 Å². The molecule has 24 heavy (non-hydrogen) atoms. The molecule has 0 saturated carbocycles. The summed E-state index contributed by atoms with van der Waals surface area (Å²) in [7, 11) is 0. The molecule has 0 aliphatic carbocycles. The van der Waals surface area contributed by atoms with Crippen LogP contribution in [0.1, 0.15) is 0 Å². The molecule has 8 heteroatoms. The standard InChI is InChI=1S/C16H18N6O2/c23-15(21-14-6-17-4-5-18-14)13-10-24-9-11-7-22(8-12(11)13)16-19-2-1-3-20-16/h1-6,11-13H,7-10H2,(H,18,21,23)/t11-,12-,13-/m1/s1. The number of anilines is 2. The van der Waals surface area contributed by atoms with E-state index in [0.717, 1.165) is 13.1 Å². The third kappa shape index (κ3) is 2.92. The van der Waals surface area contributed by atoms with E-state index >= 15 is 0 Å².